The Morgan fingerprint density at radius 2 is 1.50 bits per heavy atom. The van der Waals surface area contributed by atoms with Crippen LogP contribution in [0.5, 0.6) is 0 Å². The molecule has 0 unspecified atom stereocenters. The summed E-state index contributed by atoms with van der Waals surface area (Å²) in [6, 6.07) is 10.2. The maximum absolute atomic E-state index is 13.7. The van der Waals surface area contributed by atoms with E-state index in [0.717, 1.165) is 0 Å². The van der Waals surface area contributed by atoms with E-state index < -0.39 is 29.8 Å². The van der Waals surface area contributed by atoms with Crippen LogP contribution in [-0.2, 0) is 4.79 Å². The summed E-state index contributed by atoms with van der Waals surface area (Å²) in [4.78, 5) is 14.4. The summed E-state index contributed by atoms with van der Waals surface area (Å²) in [6.45, 7) is 1.81. The van der Waals surface area contributed by atoms with E-state index in [2.05, 4.69) is 0 Å². The minimum absolute atomic E-state index is 0.0211. The van der Waals surface area contributed by atoms with Crippen molar-refractivity contribution in [2.45, 2.75) is 37.5 Å². The summed E-state index contributed by atoms with van der Waals surface area (Å²) in [5, 5.41) is 0. The molecule has 2 N–H and O–H groups in total. The Kier molecular flexibility index (Phi) is 5.32. The standard InChI is InChI=1S/C20H21F3N2O/c1-12-10-17(23)11-25(12)20(26)19(24)18(13-2-6-15(21)7-3-13)14-4-8-16(22)9-5-14/h2-9,12,17-19H,10-11,24H2,1H3/t12-,17+,19+/m1/s1. The molecule has 1 aliphatic heterocycles. The van der Waals surface area contributed by atoms with Crippen molar-refractivity contribution >= 4 is 5.91 Å². The summed E-state index contributed by atoms with van der Waals surface area (Å²) in [5.41, 5.74) is 7.57. The fourth-order valence-electron chi connectivity index (χ4n) is 3.55. The number of nitrogens with zero attached hydrogens (tertiary/aromatic N) is 1. The van der Waals surface area contributed by atoms with E-state index >= 15 is 0 Å². The highest BCUT2D eigenvalue weighted by Gasteiger charge is 2.38. The van der Waals surface area contributed by atoms with Gasteiger partial charge in [-0.3, -0.25) is 4.79 Å². The lowest BCUT2D eigenvalue weighted by molar-refractivity contribution is -0.133. The average Bonchev–Trinajstić information content (AvgIpc) is 2.96. The number of halogens is 3. The molecular formula is C20H21F3N2O. The maximum atomic E-state index is 13.7. The molecule has 1 saturated heterocycles. The number of rotatable bonds is 4. The largest absolute Gasteiger partial charge is 0.336 e. The van der Waals surface area contributed by atoms with Crippen molar-refractivity contribution in [1.82, 2.24) is 4.90 Å². The molecule has 0 radical (unpaired) electrons. The Balaban J connectivity index is 1.95. The van der Waals surface area contributed by atoms with Crippen molar-refractivity contribution in [3.8, 4) is 0 Å². The lowest BCUT2D eigenvalue weighted by Crippen LogP contribution is -2.48. The highest BCUT2D eigenvalue weighted by Crippen LogP contribution is 2.30. The van der Waals surface area contributed by atoms with Crippen LogP contribution in [0.2, 0.25) is 0 Å². The highest BCUT2D eigenvalue weighted by atomic mass is 19.1. The number of benzene rings is 2. The zero-order valence-electron chi connectivity index (χ0n) is 14.4. The first kappa shape index (κ1) is 18.5. The number of likely N-dealkylation sites (tertiary alicyclic amines) is 1. The molecule has 3 nitrogen and oxygen atoms in total. The van der Waals surface area contributed by atoms with Crippen LogP contribution in [0.3, 0.4) is 0 Å². The van der Waals surface area contributed by atoms with Gasteiger partial charge in [0.15, 0.2) is 0 Å². The smallest absolute Gasteiger partial charge is 0.240 e. The first-order chi connectivity index (χ1) is 12.4. The Hall–Kier alpha value is -2.34. The van der Waals surface area contributed by atoms with Crippen LogP contribution < -0.4 is 5.73 Å². The number of amides is 1. The van der Waals surface area contributed by atoms with Crippen molar-refractivity contribution in [2.75, 3.05) is 6.54 Å². The molecule has 0 bridgehead atoms. The molecule has 2 aromatic rings. The first-order valence-corrected chi connectivity index (χ1v) is 8.58. The molecule has 26 heavy (non-hydrogen) atoms. The van der Waals surface area contributed by atoms with Gasteiger partial charge in [0.2, 0.25) is 5.91 Å². The van der Waals surface area contributed by atoms with Crippen LogP contribution in [0.25, 0.3) is 0 Å². The second-order valence-corrected chi connectivity index (χ2v) is 6.78. The van der Waals surface area contributed by atoms with Crippen LogP contribution in [0.4, 0.5) is 13.2 Å². The van der Waals surface area contributed by atoms with E-state index in [0.29, 0.717) is 11.1 Å². The third-order valence-electron chi connectivity index (χ3n) is 4.91. The van der Waals surface area contributed by atoms with Crippen LogP contribution in [0.15, 0.2) is 48.5 Å². The Bertz CT molecular complexity index is 718. The molecule has 0 saturated carbocycles. The van der Waals surface area contributed by atoms with Crippen molar-refractivity contribution < 1.29 is 18.0 Å². The van der Waals surface area contributed by atoms with Crippen molar-refractivity contribution in [1.29, 1.82) is 0 Å². The summed E-state index contributed by atoms with van der Waals surface area (Å²) < 4.78 is 40.3. The van der Waals surface area contributed by atoms with Gasteiger partial charge in [0, 0.05) is 18.4 Å². The Morgan fingerprint density at radius 3 is 1.88 bits per heavy atom. The van der Waals surface area contributed by atoms with Gasteiger partial charge >= 0.3 is 0 Å². The third kappa shape index (κ3) is 3.75. The van der Waals surface area contributed by atoms with Gasteiger partial charge < -0.3 is 10.6 Å². The number of hydrogen-bond donors (Lipinski definition) is 1. The van der Waals surface area contributed by atoms with Gasteiger partial charge in [0.05, 0.1) is 12.6 Å². The third-order valence-corrected chi connectivity index (χ3v) is 4.91. The molecule has 1 heterocycles. The van der Waals surface area contributed by atoms with Crippen LogP contribution in [0.1, 0.15) is 30.4 Å². The Morgan fingerprint density at radius 1 is 1.04 bits per heavy atom. The van der Waals surface area contributed by atoms with Crippen LogP contribution >= 0.6 is 0 Å². The molecule has 6 heteroatoms. The van der Waals surface area contributed by atoms with Gasteiger partial charge in [0.1, 0.15) is 17.8 Å². The Labute approximate surface area is 150 Å². The minimum Gasteiger partial charge on any atom is -0.336 e. The monoisotopic (exact) mass is 362 g/mol. The van der Waals surface area contributed by atoms with Crippen molar-refractivity contribution in [2.24, 2.45) is 5.73 Å². The quantitative estimate of drug-likeness (QED) is 0.906. The fraction of sp³-hybridized carbons (Fsp3) is 0.350. The molecule has 1 amide bonds. The summed E-state index contributed by atoms with van der Waals surface area (Å²) in [7, 11) is 0. The molecule has 0 spiro atoms. The molecule has 0 aliphatic carbocycles. The van der Waals surface area contributed by atoms with E-state index in [1.807, 2.05) is 0 Å². The maximum Gasteiger partial charge on any atom is 0.240 e. The second kappa shape index (κ2) is 7.50. The van der Waals surface area contributed by atoms with Crippen molar-refractivity contribution in [3.63, 3.8) is 0 Å². The van der Waals surface area contributed by atoms with Gasteiger partial charge in [-0.25, -0.2) is 13.2 Å². The minimum atomic E-state index is -1.06. The molecule has 138 valence electrons. The van der Waals surface area contributed by atoms with E-state index in [9.17, 15) is 18.0 Å². The molecule has 3 rings (SSSR count). The summed E-state index contributed by atoms with van der Waals surface area (Å²) in [6.07, 6.45) is -0.771. The van der Waals surface area contributed by atoms with Gasteiger partial charge in [-0.1, -0.05) is 24.3 Å². The topological polar surface area (TPSA) is 46.3 Å². The van der Waals surface area contributed by atoms with Gasteiger partial charge in [-0.2, -0.15) is 0 Å². The van der Waals surface area contributed by atoms with Gasteiger partial charge in [-0.05, 0) is 42.3 Å². The van der Waals surface area contributed by atoms with Gasteiger partial charge in [-0.15, -0.1) is 0 Å². The predicted octanol–water partition coefficient (Wildman–Crippen LogP) is 3.38. The highest BCUT2D eigenvalue weighted by molar-refractivity contribution is 5.84. The summed E-state index contributed by atoms with van der Waals surface area (Å²) >= 11 is 0. The zero-order valence-corrected chi connectivity index (χ0v) is 14.4. The number of carbonyl (C=O) groups is 1. The van der Waals surface area contributed by atoms with E-state index in [-0.39, 0.29) is 24.9 Å². The van der Waals surface area contributed by atoms with E-state index in [1.54, 1.807) is 31.2 Å². The van der Waals surface area contributed by atoms with E-state index in [1.165, 1.54) is 29.2 Å². The predicted molar refractivity (Wildman–Crippen MR) is 93.3 cm³/mol. The SMILES string of the molecule is C[C@@H]1C[C@H](F)CN1C(=O)[C@@H](N)C(c1ccc(F)cc1)c1ccc(F)cc1. The average molecular weight is 362 g/mol. The van der Waals surface area contributed by atoms with Crippen LogP contribution in [-0.4, -0.2) is 35.6 Å². The number of alkyl halides is 1. The van der Waals surface area contributed by atoms with Crippen molar-refractivity contribution in [3.05, 3.63) is 71.3 Å². The fourth-order valence-corrected chi connectivity index (χ4v) is 3.55. The zero-order chi connectivity index (χ0) is 18.8. The molecule has 0 aromatic heterocycles. The molecule has 1 aliphatic rings. The van der Waals surface area contributed by atoms with Gasteiger partial charge in [0.25, 0.3) is 0 Å². The first-order valence-electron chi connectivity index (χ1n) is 8.58. The number of nitrogens with two attached hydrogens (primary N) is 1. The summed E-state index contributed by atoms with van der Waals surface area (Å²) in [5.74, 6) is -1.76. The molecule has 3 atom stereocenters. The molecular weight excluding hydrogens is 341 g/mol. The van der Waals surface area contributed by atoms with E-state index in [4.69, 9.17) is 5.73 Å². The normalized spacial score (nSPS) is 21.2. The number of hydrogen-bond acceptors (Lipinski definition) is 2. The molecule has 1 fully saturated rings. The second-order valence-electron chi connectivity index (χ2n) is 6.78. The van der Waals surface area contributed by atoms with Crippen LogP contribution in [0, 0.1) is 11.6 Å². The number of carbonyl (C=O) groups excluding carboxylic acids is 1. The lowest BCUT2D eigenvalue weighted by atomic mass is 9.84. The molecule has 2 aromatic carbocycles. The lowest BCUT2D eigenvalue weighted by Gasteiger charge is -2.30.